The fraction of sp³-hybridized carbons (Fsp3) is 0.942. The van der Waals surface area contributed by atoms with Crippen molar-refractivity contribution in [1.29, 1.82) is 0 Å². The van der Waals surface area contributed by atoms with Crippen LogP contribution in [0.1, 0.15) is 297 Å². The number of hydrogen-bond acceptors (Lipinski definition) is 6. The van der Waals surface area contributed by atoms with E-state index in [1.54, 1.807) is 0 Å². The standard InChI is InChI=1S/C52H100O6/c1-4-7-10-13-16-19-22-24-25-26-27-28-29-31-34-36-39-42-45-51(54)57-48-49(58-52(55)46-43-40-37-32-21-18-15-12-9-6-3)47-56-50(53)44-41-38-35-33-30-23-20-17-14-11-8-5-2/h49H,4-48H2,1-3H3/t49-/m1/s1. The van der Waals surface area contributed by atoms with Crippen molar-refractivity contribution in [3.8, 4) is 0 Å². The molecule has 0 aromatic heterocycles. The zero-order chi connectivity index (χ0) is 42.3. The first-order valence-electron chi connectivity index (χ1n) is 26.0. The summed E-state index contributed by atoms with van der Waals surface area (Å²) in [6, 6.07) is 0. The minimum atomic E-state index is -0.759. The first-order chi connectivity index (χ1) is 28.5. The highest BCUT2D eigenvalue weighted by Gasteiger charge is 2.19. The van der Waals surface area contributed by atoms with Gasteiger partial charge in [-0.05, 0) is 19.3 Å². The zero-order valence-corrected chi connectivity index (χ0v) is 39.3. The van der Waals surface area contributed by atoms with Crippen LogP contribution in [-0.4, -0.2) is 37.2 Å². The van der Waals surface area contributed by atoms with Gasteiger partial charge in [0.15, 0.2) is 6.10 Å². The SMILES string of the molecule is CCCCCCCCCCCCCCCCCCCCC(=O)OC[C@@H](COC(=O)CCCCCCCCCCCCCC)OC(=O)CCCCCCCCCCCC. The van der Waals surface area contributed by atoms with Crippen LogP contribution in [0.15, 0.2) is 0 Å². The predicted molar refractivity (Wildman–Crippen MR) is 247 cm³/mol. The van der Waals surface area contributed by atoms with Crippen LogP contribution in [0.3, 0.4) is 0 Å². The summed E-state index contributed by atoms with van der Waals surface area (Å²) >= 11 is 0. The lowest BCUT2D eigenvalue weighted by atomic mass is 10.0. The number of rotatable bonds is 48. The molecule has 0 spiro atoms. The van der Waals surface area contributed by atoms with Gasteiger partial charge in [-0.1, -0.05) is 258 Å². The van der Waals surface area contributed by atoms with Crippen molar-refractivity contribution in [2.45, 2.75) is 303 Å². The van der Waals surface area contributed by atoms with Crippen molar-refractivity contribution in [3.63, 3.8) is 0 Å². The fourth-order valence-corrected chi connectivity index (χ4v) is 7.92. The van der Waals surface area contributed by atoms with Crippen molar-refractivity contribution >= 4 is 17.9 Å². The van der Waals surface area contributed by atoms with Gasteiger partial charge in [0.25, 0.3) is 0 Å². The molecule has 0 aliphatic rings. The number of esters is 3. The first kappa shape index (κ1) is 56.4. The number of carbonyl (C=O) groups is 3. The highest BCUT2D eigenvalue weighted by atomic mass is 16.6. The lowest BCUT2D eigenvalue weighted by Crippen LogP contribution is -2.30. The number of unbranched alkanes of at least 4 members (excludes halogenated alkanes) is 37. The van der Waals surface area contributed by atoms with Crippen molar-refractivity contribution in [2.24, 2.45) is 0 Å². The van der Waals surface area contributed by atoms with Gasteiger partial charge in [-0.3, -0.25) is 14.4 Å². The molecule has 0 saturated carbocycles. The van der Waals surface area contributed by atoms with Crippen LogP contribution >= 0.6 is 0 Å². The van der Waals surface area contributed by atoms with Crippen LogP contribution < -0.4 is 0 Å². The zero-order valence-electron chi connectivity index (χ0n) is 39.3. The second-order valence-electron chi connectivity index (χ2n) is 17.8. The van der Waals surface area contributed by atoms with Gasteiger partial charge in [-0.2, -0.15) is 0 Å². The largest absolute Gasteiger partial charge is 0.462 e. The molecule has 58 heavy (non-hydrogen) atoms. The van der Waals surface area contributed by atoms with Crippen LogP contribution in [0.5, 0.6) is 0 Å². The van der Waals surface area contributed by atoms with E-state index in [1.807, 2.05) is 0 Å². The molecule has 0 saturated heterocycles. The Balaban J connectivity index is 4.22. The van der Waals surface area contributed by atoms with Gasteiger partial charge in [0.1, 0.15) is 13.2 Å². The molecule has 0 aromatic carbocycles. The summed E-state index contributed by atoms with van der Waals surface area (Å²) in [5.41, 5.74) is 0. The summed E-state index contributed by atoms with van der Waals surface area (Å²) in [5, 5.41) is 0. The van der Waals surface area contributed by atoms with E-state index in [9.17, 15) is 14.4 Å². The Kier molecular flexibility index (Phi) is 46.8. The van der Waals surface area contributed by atoms with E-state index in [0.717, 1.165) is 57.8 Å². The van der Waals surface area contributed by atoms with Gasteiger partial charge in [0.2, 0.25) is 0 Å². The van der Waals surface area contributed by atoms with Crippen LogP contribution in [0.25, 0.3) is 0 Å². The predicted octanol–water partition coefficient (Wildman–Crippen LogP) is 16.8. The molecule has 0 aliphatic heterocycles. The second-order valence-corrected chi connectivity index (χ2v) is 17.8. The molecular weight excluding hydrogens is 721 g/mol. The molecule has 0 rings (SSSR count). The van der Waals surface area contributed by atoms with Crippen molar-refractivity contribution < 1.29 is 28.6 Å². The van der Waals surface area contributed by atoms with Gasteiger partial charge < -0.3 is 14.2 Å². The maximum Gasteiger partial charge on any atom is 0.306 e. The van der Waals surface area contributed by atoms with E-state index in [2.05, 4.69) is 20.8 Å². The molecule has 344 valence electrons. The molecule has 1 atom stereocenters. The Morgan fingerprint density at radius 1 is 0.276 bits per heavy atom. The number of hydrogen-bond donors (Lipinski definition) is 0. The molecule has 0 amide bonds. The third kappa shape index (κ3) is 45.5. The summed E-state index contributed by atoms with van der Waals surface area (Å²) in [6.07, 6.45) is 50.9. The smallest absolute Gasteiger partial charge is 0.306 e. The third-order valence-electron chi connectivity index (χ3n) is 11.9. The minimum Gasteiger partial charge on any atom is -0.462 e. The second kappa shape index (κ2) is 48.1. The molecule has 0 aromatic rings. The van der Waals surface area contributed by atoms with E-state index in [-0.39, 0.29) is 31.1 Å². The van der Waals surface area contributed by atoms with E-state index in [4.69, 9.17) is 14.2 Å². The lowest BCUT2D eigenvalue weighted by Gasteiger charge is -2.18. The molecule has 0 radical (unpaired) electrons. The van der Waals surface area contributed by atoms with Gasteiger partial charge in [-0.15, -0.1) is 0 Å². The quantitative estimate of drug-likeness (QED) is 0.0346. The fourth-order valence-electron chi connectivity index (χ4n) is 7.92. The Hall–Kier alpha value is -1.59. The van der Waals surface area contributed by atoms with E-state index in [0.29, 0.717) is 19.3 Å². The molecule has 0 aliphatic carbocycles. The molecule has 6 nitrogen and oxygen atoms in total. The van der Waals surface area contributed by atoms with Gasteiger partial charge in [0, 0.05) is 19.3 Å². The normalized spacial score (nSPS) is 11.8. The van der Waals surface area contributed by atoms with E-state index in [1.165, 1.54) is 199 Å². The van der Waals surface area contributed by atoms with Crippen LogP contribution in [0.4, 0.5) is 0 Å². The molecular formula is C52H100O6. The molecule has 0 bridgehead atoms. The Morgan fingerprint density at radius 3 is 0.690 bits per heavy atom. The number of ether oxygens (including phenoxy) is 3. The van der Waals surface area contributed by atoms with Crippen molar-refractivity contribution in [3.05, 3.63) is 0 Å². The Bertz CT molecular complexity index is 859. The third-order valence-corrected chi connectivity index (χ3v) is 11.9. The first-order valence-corrected chi connectivity index (χ1v) is 26.0. The van der Waals surface area contributed by atoms with Gasteiger partial charge in [0.05, 0.1) is 0 Å². The lowest BCUT2D eigenvalue weighted by molar-refractivity contribution is -0.167. The topological polar surface area (TPSA) is 78.9 Å². The average Bonchev–Trinajstić information content (AvgIpc) is 3.22. The summed E-state index contributed by atoms with van der Waals surface area (Å²) in [4.78, 5) is 37.9. The van der Waals surface area contributed by atoms with Crippen LogP contribution in [-0.2, 0) is 28.6 Å². The average molecular weight is 821 g/mol. The summed E-state index contributed by atoms with van der Waals surface area (Å²) < 4.78 is 16.8. The molecule has 0 heterocycles. The maximum atomic E-state index is 12.7. The van der Waals surface area contributed by atoms with Gasteiger partial charge >= 0.3 is 17.9 Å². The van der Waals surface area contributed by atoms with Crippen molar-refractivity contribution in [1.82, 2.24) is 0 Å². The number of carbonyl (C=O) groups excluding carboxylic acids is 3. The highest BCUT2D eigenvalue weighted by molar-refractivity contribution is 5.71. The molecule has 0 N–H and O–H groups in total. The maximum absolute atomic E-state index is 12.7. The Labute approximate surface area is 361 Å². The summed E-state index contributed by atoms with van der Waals surface area (Å²) in [6.45, 7) is 6.67. The van der Waals surface area contributed by atoms with Gasteiger partial charge in [-0.25, -0.2) is 0 Å². The molecule has 0 fully saturated rings. The Morgan fingerprint density at radius 2 is 0.466 bits per heavy atom. The monoisotopic (exact) mass is 821 g/mol. The van der Waals surface area contributed by atoms with E-state index < -0.39 is 6.10 Å². The molecule has 6 heteroatoms. The highest BCUT2D eigenvalue weighted by Crippen LogP contribution is 2.17. The molecule has 0 unspecified atom stereocenters. The van der Waals surface area contributed by atoms with Crippen LogP contribution in [0.2, 0.25) is 0 Å². The van der Waals surface area contributed by atoms with E-state index >= 15 is 0 Å². The van der Waals surface area contributed by atoms with Crippen molar-refractivity contribution in [2.75, 3.05) is 13.2 Å². The summed E-state index contributed by atoms with van der Waals surface area (Å²) in [7, 11) is 0. The van der Waals surface area contributed by atoms with Crippen LogP contribution in [0, 0.1) is 0 Å². The summed E-state index contributed by atoms with van der Waals surface area (Å²) in [5.74, 6) is -0.843. The minimum absolute atomic E-state index is 0.0620.